The molecule has 2 nitrogen and oxygen atoms in total. The largest absolute Gasteiger partial charge is 0.322 e. The Morgan fingerprint density at radius 3 is 2.81 bits per heavy atom. The number of rotatable bonds is 6. The van der Waals surface area contributed by atoms with E-state index in [2.05, 4.69) is 12.2 Å². The van der Waals surface area contributed by atoms with Gasteiger partial charge < -0.3 is 5.32 Å². The van der Waals surface area contributed by atoms with Crippen LogP contribution in [0.25, 0.3) is 0 Å². The van der Waals surface area contributed by atoms with Gasteiger partial charge in [-0.25, -0.2) is 0 Å². The molecule has 0 spiro atoms. The predicted octanol–water partition coefficient (Wildman–Crippen LogP) is 3.93. The maximum Gasteiger partial charge on any atom is 0.248 e. The van der Waals surface area contributed by atoms with E-state index in [1.54, 1.807) is 27.7 Å². The van der Waals surface area contributed by atoms with E-state index >= 15 is 0 Å². The van der Waals surface area contributed by atoms with Crippen LogP contribution in [0.2, 0.25) is 0 Å². The quantitative estimate of drug-likeness (QED) is 0.473. The third-order valence-corrected chi connectivity index (χ3v) is 3.87. The highest BCUT2D eigenvalue weighted by Gasteiger charge is 1.95. The number of carbonyl (C=O) groups excluding carboxylic acids is 1. The van der Waals surface area contributed by atoms with Gasteiger partial charge in [-0.2, -0.15) is 0 Å². The van der Waals surface area contributed by atoms with Gasteiger partial charge in [0.1, 0.15) is 0 Å². The first-order valence-electron chi connectivity index (χ1n) is 5.13. The fourth-order valence-corrected chi connectivity index (χ4v) is 2.68. The lowest BCUT2D eigenvalue weighted by molar-refractivity contribution is -0.111. The van der Waals surface area contributed by atoms with Crippen molar-refractivity contribution in [1.29, 1.82) is 0 Å². The molecule has 16 heavy (non-hydrogen) atoms. The molecule has 0 fully saturated rings. The van der Waals surface area contributed by atoms with Gasteiger partial charge in [0.05, 0.1) is 0 Å². The Bertz CT molecular complexity index is 338. The molecule has 0 heterocycles. The van der Waals surface area contributed by atoms with E-state index in [1.807, 2.05) is 35.7 Å². The van der Waals surface area contributed by atoms with Crippen molar-refractivity contribution in [2.24, 2.45) is 0 Å². The van der Waals surface area contributed by atoms with Gasteiger partial charge in [-0.05, 0) is 24.0 Å². The minimum Gasteiger partial charge on any atom is -0.322 e. The number of carbonyl (C=O) groups is 1. The molecule has 0 unspecified atom stereocenters. The van der Waals surface area contributed by atoms with Crippen molar-refractivity contribution < 1.29 is 4.79 Å². The molecular weight excluding hydrogens is 238 g/mol. The van der Waals surface area contributed by atoms with E-state index < -0.39 is 0 Å². The zero-order chi connectivity index (χ0) is 11.6. The van der Waals surface area contributed by atoms with Gasteiger partial charge in [0.15, 0.2) is 0 Å². The number of amides is 1. The summed E-state index contributed by atoms with van der Waals surface area (Å²) in [6, 6.07) is 9.44. The van der Waals surface area contributed by atoms with E-state index in [4.69, 9.17) is 0 Å². The Balaban J connectivity index is 2.25. The van der Waals surface area contributed by atoms with Crippen LogP contribution >= 0.6 is 21.6 Å². The van der Waals surface area contributed by atoms with Gasteiger partial charge in [-0.3, -0.25) is 4.79 Å². The van der Waals surface area contributed by atoms with E-state index in [0.29, 0.717) is 0 Å². The van der Waals surface area contributed by atoms with Crippen molar-refractivity contribution in [2.45, 2.75) is 13.3 Å². The van der Waals surface area contributed by atoms with Crippen LogP contribution in [0.3, 0.4) is 0 Å². The maximum absolute atomic E-state index is 11.4. The second-order valence-electron chi connectivity index (χ2n) is 3.08. The monoisotopic (exact) mass is 253 g/mol. The Hall–Kier alpha value is -0.870. The van der Waals surface area contributed by atoms with Gasteiger partial charge in [0.2, 0.25) is 5.91 Å². The molecule has 0 saturated carbocycles. The second kappa shape index (κ2) is 8.30. The number of hydrogen-bond donors (Lipinski definition) is 1. The molecule has 1 amide bonds. The number of anilines is 1. The highest BCUT2D eigenvalue weighted by atomic mass is 33.1. The highest BCUT2D eigenvalue weighted by molar-refractivity contribution is 8.77. The van der Waals surface area contributed by atoms with Crippen LogP contribution in [0.5, 0.6) is 0 Å². The molecule has 1 rings (SSSR count). The summed E-state index contributed by atoms with van der Waals surface area (Å²) in [5, 5.41) is 4.60. The lowest BCUT2D eigenvalue weighted by Crippen LogP contribution is -2.07. The van der Waals surface area contributed by atoms with Crippen LogP contribution in [0.15, 0.2) is 41.8 Å². The lowest BCUT2D eigenvalue weighted by Gasteiger charge is -2.00. The van der Waals surface area contributed by atoms with Crippen molar-refractivity contribution in [1.82, 2.24) is 0 Å². The molecule has 86 valence electrons. The van der Waals surface area contributed by atoms with Gasteiger partial charge in [0, 0.05) is 17.5 Å². The van der Waals surface area contributed by atoms with Crippen molar-refractivity contribution in [3.63, 3.8) is 0 Å². The van der Waals surface area contributed by atoms with E-state index in [0.717, 1.165) is 17.9 Å². The summed E-state index contributed by atoms with van der Waals surface area (Å²) in [4.78, 5) is 11.4. The molecule has 0 atom stereocenters. The summed E-state index contributed by atoms with van der Waals surface area (Å²) in [7, 11) is 3.34. The molecule has 0 aliphatic carbocycles. The van der Waals surface area contributed by atoms with Crippen LogP contribution in [-0.2, 0) is 4.79 Å². The lowest BCUT2D eigenvalue weighted by atomic mass is 10.3. The minimum atomic E-state index is -0.0872. The van der Waals surface area contributed by atoms with Crippen molar-refractivity contribution >= 4 is 33.2 Å². The molecule has 0 aromatic heterocycles. The summed E-state index contributed by atoms with van der Waals surface area (Å²) >= 11 is 0. The van der Waals surface area contributed by atoms with Crippen molar-refractivity contribution in [2.75, 3.05) is 11.1 Å². The van der Waals surface area contributed by atoms with Gasteiger partial charge in [0.25, 0.3) is 0 Å². The standard InChI is InChI=1S/C12H15NOS2/c1-2-9-15-16-10-8-12(14)13-11-6-4-3-5-7-11/h3-8,10H,2,9H2,1H3,(H,13,14)/b10-8+. The summed E-state index contributed by atoms with van der Waals surface area (Å²) in [5.74, 6) is 1.02. The minimum absolute atomic E-state index is 0.0872. The van der Waals surface area contributed by atoms with Crippen LogP contribution in [-0.4, -0.2) is 11.7 Å². The first-order valence-corrected chi connectivity index (χ1v) is 7.52. The van der Waals surface area contributed by atoms with Crippen LogP contribution in [0, 0.1) is 0 Å². The Kier molecular flexibility index (Phi) is 6.85. The average molecular weight is 253 g/mol. The topological polar surface area (TPSA) is 29.1 Å². The summed E-state index contributed by atoms with van der Waals surface area (Å²) in [6.07, 6.45) is 2.71. The summed E-state index contributed by atoms with van der Waals surface area (Å²) in [5.41, 5.74) is 0.823. The fourth-order valence-electron chi connectivity index (χ4n) is 0.966. The van der Waals surface area contributed by atoms with Crippen molar-refractivity contribution in [3.05, 3.63) is 41.8 Å². The average Bonchev–Trinajstić information content (AvgIpc) is 2.30. The van der Waals surface area contributed by atoms with Gasteiger partial charge >= 0.3 is 0 Å². The van der Waals surface area contributed by atoms with E-state index in [1.165, 1.54) is 0 Å². The fraction of sp³-hybridized carbons (Fsp3) is 0.250. The Labute approximate surface area is 104 Å². The first kappa shape index (κ1) is 13.2. The summed E-state index contributed by atoms with van der Waals surface area (Å²) < 4.78 is 0. The molecule has 1 aromatic carbocycles. The molecule has 1 N–H and O–H groups in total. The maximum atomic E-state index is 11.4. The zero-order valence-electron chi connectivity index (χ0n) is 9.18. The number of nitrogens with one attached hydrogen (secondary N) is 1. The molecule has 0 saturated heterocycles. The third-order valence-electron chi connectivity index (χ3n) is 1.67. The van der Waals surface area contributed by atoms with E-state index in [-0.39, 0.29) is 5.91 Å². The Morgan fingerprint density at radius 2 is 2.12 bits per heavy atom. The number of para-hydroxylation sites is 1. The SMILES string of the molecule is CCCSS/C=C/C(=O)Nc1ccccc1. The molecule has 0 bridgehead atoms. The second-order valence-corrected chi connectivity index (χ2v) is 5.47. The van der Waals surface area contributed by atoms with Crippen LogP contribution in [0.4, 0.5) is 5.69 Å². The van der Waals surface area contributed by atoms with Crippen molar-refractivity contribution in [3.8, 4) is 0 Å². The van der Waals surface area contributed by atoms with Gasteiger partial charge in [-0.15, -0.1) is 0 Å². The van der Waals surface area contributed by atoms with Gasteiger partial charge in [-0.1, -0.05) is 46.7 Å². The van der Waals surface area contributed by atoms with Crippen LogP contribution in [0.1, 0.15) is 13.3 Å². The summed E-state index contributed by atoms with van der Waals surface area (Å²) in [6.45, 7) is 2.14. The van der Waals surface area contributed by atoms with E-state index in [9.17, 15) is 4.79 Å². The third kappa shape index (κ3) is 5.88. The molecule has 0 aliphatic rings. The smallest absolute Gasteiger partial charge is 0.248 e. The molecule has 4 heteroatoms. The normalized spacial score (nSPS) is 10.6. The first-order chi connectivity index (χ1) is 7.83. The molecule has 0 aliphatic heterocycles. The molecule has 0 radical (unpaired) electrons. The number of benzene rings is 1. The predicted molar refractivity (Wildman–Crippen MR) is 74.6 cm³/mol. The van der Waals surface area contributed by atoms with Crippen LogP contribution < -0.4 is 5.32 Å². The molecular formula is C12H15NOS2. The highest BCUT2D eigenvalue weighted by Crippen LogP contribution is 2.22. The Morgan fingerprint density at radius 1 is 1.38 bits per heavy atom. The molecule has 1 aromatic rings. The number of hydrogen-bond acceptors (Lipinski definition) is 3. The zero-order valence-corrected chi connectivity index (χ0v) is 10.8.